The number of rotatable bonds is 5. The van der Waals surface area contributed by atoms with Crippen LogP contribution in [0.2, 0.25) is 0 Å². The van der Waals surface area contributed by atoms with E-state index in [-0.39, 0.29) is 5.56 Å². The van der Waals surface area contributed by atoms with Crippen LogP contribution in [0.1, 0.15) is 35.3 Å². The Balaban J connectivity index is 1.57. The molecule has 4 rings (SSSR count). The van der Waals surface area contributed by atoms with Gasteiger partial charge in [0.1, 0.15) is 5.65 Å². The van der Waals surface area contributed by atoms with E-state index in [1.165, 1.54) is 16.9 Å². The number of nitrogens with one attached hydrogen (secondary N) is 1. The minimum atomic E-state index is -0.479. The number of hydrogen-bond acceptors (Lipinski definition) is 5. The molecule has 0 unspecified atom stereocenters. The lowest BCUT2D eigenvalue weighted by atomic mass is 10.1. The molecule has 0 radical (unpaired) electrons. The van der Waals surface area contributed by atoms with Gasteiger partial charge < -0.3 is 16.0 Å². The maximum absolute atomic E-state index is 12.2. The number of nitrogens with zero attached hydrogens (tertiary/aromatic N) is 3. The number of piperidine rings is 1. The molecule has 1 amide bonds. The molecule has 1 fully saturated rings. The molecule has 7 nitrogen and oxygen atoms in total. The fourth-order valence-electron chi connectivity index (χ4n) is 3.62. The smallest absolute Gasteiger partial charge is 0.258 e. The van der Waals surface area contributed by atoms with E-state index < -0.39 is 5.91 Å². The van der Waals surface area contributed by atoms with Crippen LogP contribution in [0.5, 0.6) is 0 Å². The lowest BCUT2D eigenvalue weighted by Gasteiger charge is -2.29. The van der Waals surface area contributed by atoms with Gasteiger partial charge in [-0.3, -0.25) is 14.0 Å². The molecule has 0 atom stereocenters. The summed E-state index contributed by atoms with van der Waals surface area (Å²) in [4.78, 5) is 31.0. The van der Waals surface area contributed by atoms with Gasteiger partial charge in [-0.25, -0.2) is 4.98 Å². The topological polar surface area (TPSA) is 92.7 Å². The van der Waals surface area contributed by atoms with Gasteiger partial charge in [-0.2, -0.15) is 0 Å². The van der Waals surface area contributed by atoms with E-state index in [0.717, 1.165) is 31.6 Å². The van der Waals surface area contributed by atoms with Crippen molar-refractivity contribution in [3.05, 3.63) is 70.3 Å². The van der Waals surface area contributed by atoms with E-state index in [0.29, 0.717) is 29.1 Å². The molecule has 1 saturated heterocycles. The van der Waals surface area contributed by atoms with Gasteiger partial charge >= 0.3 is 0 Å². The van der Waals surface area contributed by atoms with Crippen molar-refractivity contribution in [1.82, 2.24) is 9.38 Å². The molecule has 0 saturated carbocycles. The zero-order valence-corrected chi connectivity index (χ0v) is 15.6. The first-order valence-corrected chi connectivity index (χ1v) is 9.52. The van der Waals surface area contributed by atoms with E-state index in [1.54, 1.807) is 18.3 Å². The molecule has 144 valence electrons. The summed E-state index contributed by atoms with van der Waals surface area (Å²) in [5, 5.41) is 3.20. The Hall–Kier alpha value is -3.35. The lowest BCUT2D eigenvalue weighted by molar-refractivity contribution is 0.100. The molecule has 1 aliphatic heterocycles. The van der Waals surface area contributed by atoms with Crippen LogP contribution in [0.15, 0.2) is 53.5 Å². The Morgan fingerprint density at radius 3 is 2.71 bits per heavy atom. The largest absolute Gasteiger partial charge is 0.379 e. The van der Waals surface area contributed by atoms with Crippen LogP contribution in [0.3, 0.4) is 0 Å². The molecule has 3 heterocycles. The highest BCUT2D eigenvalue weighted by molar-refractivity contribution is 5.99. The van der Waals surface area contributed by atoms with Crippen molar-refractivity contribution in [1.29, 1.82) is 0 Å². The fourth-order valence-corrected chi connectivity index (χ4v) is 3.62. The van der Waals surface area contributed by atoms with Crippen LogP contribution in [0, 0.1) is 0 Å². The lowest BCUT2D eigenvalue weighted by Crippen LogP contribution is -2.29. The Morgan fingerprint density at radius 1 is 1.11 bits per heavy atom. The molecule has 2 aromatic heterocycles. The van der Waals surface area contributed by atoms with Gasteiger partial charge in [0, 0.05) is 36.7 Å². The fraction of sp³-hybridized carbons (Fsp3) is 0.286. The van der Waals surface area contributed by atoms with Gasteiger partial charge in [0.2, 0.25) is 0 Å². The predicted octanol–water partition coefficient (Wildman–Crippen LogP) is 2.40. The van der Waals surface area contributed by atoms with E-state index in [2.05, 4.69) is 15.2 Å². The third-order valence-electron chi connectivity index (χ3n) is 5.07. The molecular formula is C21H23N5O2. The number of fused-ring (bicyclic) bond motifs is 1. The maximum atomic E-state index is 12.2. The number of carbonyl (C=O) groups is 1. The van der Waals surface area contributed by atoms with Gasteiger partial charge in [0.15, 0.2) is 0 Å². The first kappa shape index (κ1) is 18.0. The van der Waals surface area contributed by atoms with Crippen molar-refractivity contribution in [3.8, 4) is 0 Å². The number of pyridine rings is 1. The Kier molecular flexibility index (Phi) is 4.97. The normalized spacial score (nSPS) is 14.2. The molecule has 28 heavy (non-hydrogen) atoms. The van der Waals surface area contributed by atoms with E-state index in [1.807, 2.05) is 24.3 Å². The number of primary amides is 1. The Labute approximate surface area is 162 Å². The zero-order chi connectivity index (χ0) is 19.5. The molecule has 1 aliphatic rings. The van der Waals surface area contributed by atoms with Crippen LogP contribution in [-0.4, -0.2) is 28.4 Å². The van der Waals surface area contributed by atoms with Crippen molar-refractivity contribution in [2.24, 2.45) is 5.73 Å². The molecule has 7 heteroatoms. The monoisotopic (exact) mass is 377 g/mol. The molecule has 0 bridgehead atoms. The summed E-state index contributed by atoms with van der Waals surface area (Å²) in [5.74, 6) is -0.479. The second kappa shape index (κ2) is 7.72. The average Bonchev–Trinajstić information content (AvgIpc) is 2.73. The predicted molar refractivity (Wildman–Crippen MR) is 110 cm³/mol. The van der Waals surface area contributed by atoms with Crippen molar-refractivity contribution >= 4 is 22.9 Å². The number of benzene rings is 1. The first-order chi connectivity index (χ1) is 13.6. The Bertz CT molecular complexity index is 1070. The molecule has 3 aromatic rings. The van der Waals surface area contributed by atoms with Gasteiger partial charge in [-0.15, -0.1) is 0 Å². The number of aromatic nitrogens is 2. The maximum Gasteiger partial charge on any atom is 0.258 e. The van der Waals surface area contributed by atoms with E-state index >= 15 is 0 Å². The highest BCUT2D eigenvalue weighted by atomic mass is 16.1. The van der Waals surface area contributed by atoms with Gasteiger partial charge in [0.25, 0.3) is 11.5 Å². The number of nitrogens with two attached hydrogens (primary N) is 1. The third-order valence-corrected chi connectivity index (χ3v) is 5.07. The standard InChI is InChI=1S/C21H23N5O2/c22-21(28)17-13-16(25-9-3-1-4-10-25)7-8-18(17)23-14-15-12-20(27)26-11-5-2-6-19(26)24-15/h2,5-8,11-13,23H,1,3-4,9-10,14H2,(H2,22,28). The summed E-state index contributed by atoms with van der Waals surface area (Å²) in [6.45, 7) is 2.32. The van der Waals surface area contributed by atoms with Crippen molar-refractivity contribution < 1.29 is 4.79 Å². The van der Waals surface area contributed by atoms with Gasteiger partial charge in [0.05, 0.1) is 17.8 Å². The van der Waals surface area contributed by atoms with Crippen molar-refractivity contribution in [2.75, 3.05) is 23.3 Å². The minimum absolute atomic E-state index is 0.141. The zero-order valence-electron chi connectivity index (χ0n) is 15.6. The quantitative estimate of drug-likeness (QED) is 0.712. The second-order valence-electron chi connectivity index (χ2n) is 7.01. The summed E-state index contributed by atoms with van der Waals surface area (Å²) in [5.41, 5.74) is 8.76. The van der Waals surface area contributed by atoms with Gasteiger partial charge in [-0.05, 0) is 49.6 Å². The van der Waals surface area contributed by atoms with Gasteiger partial charge in [-0.1, -0.05) is 6.07 Å². The molecule has 0 aliphatic carbocycles. The van der Waals surface area contributed by atoms with Crippen molar-refractivity contribution in [2.45, 2.75) is 25.8 Å². The summed E-state index contributed by atoms with van der Waals surface area (Å²) >= 11 is 0. The van der Waals surface area contributed by atoms with Crippen LogP contribution < -0.4 is 21.5 Å². The number of carbonyl (C=O) groups excluding carboxylic acids is 1. The summed E-state index contributed by atoms with van der Waals surface area (Å²) in [6, 6.07) is 12.6. The number of anilines is 2. The number of hydrogen-bond donors (Lipinski definition) is 2. The Morgan fingerprint density at radius 2 is 1.93 bits per heavy atom. The summed E-state index contributed by atoms with van der Waals surface area (Å²) in [6.07, 6.45) is 5.26. The minimum Gasteiger partial charge on any atom is -0.379 e. The van der Waals surface area contributed by atoms with E-state index in [9.17, 15) is 9.59 Å². The summed E-state index contributed by atoms with van der Waals surface area (Å²) < 4.78 is 1.49. The SMILES string of the molecule is NC(=O)c1cc(N2CCCCC2)ccc1NCc1cc(=O)n2ccccc2n1. The highest BCUT2D eigenvalue weighted by Crippen LogP contribution is 2.26. The van der Waals surface area contributed by atoms with Crippen LogP contribution in [-0.2, 0) is 6.54 Å². The first-order valence-electron chi connectivity index (χ1n) is 9.52. The van der Waals surface area contributed by atoms with E-state index in [4.69, 9.17) is 5.73 Å². The van der Waals surface area contributed by atoms with Crippen LogP contribution >= 0.6 is 0 Å². The molecule has 3 N–H and O–H groups in total. The molecule has 1 aromatic carbocycles. The highest BCUT2D eigenvalue weighted by Gasteiger charge is 2.15. The van der Waals surface area contributed by atoms with Crippen LogP contribution in [0.4, 0.5) is 11.4 Å². The third kappa shape index (κ3) is 3.69. The van der Waals surface area contributed by atoms with Crippen LogP contribution in [0.25, 0.3) is 5.65 Å². The second-order valence-corrected chi connectivity index (χ2v) is 7.01. The molecule has 0 spiro atoms. The van der Waals surface area contributed by atoms with Crippen molar-refractivity contribution in [3.63, 3.8) is 0 Å². The number of amides is 1. The summed E-state index contributed by atoms with van der Waals surface area (Å²) in [7, 11) is 0. The average molecular weight is 377 g/mol. The molecular weight excluding hydrogens is 354 g/mol.